The van der Waals surface area contributed by atoms with Gasteiger partial charge in [-0.15, -0.1) is 0 Å². The van der Waals surface area contributed by atoms with Crippen molar-refractivity contribution in [2.24, 2.45) is 4.99 Å². The van der Waals surface area contributed by atoms with Gasteiger partial charge in [0.2, 0.25) is 0 Å². The molecule has 4 aromatic rings. The van der Waals surface area contributed by atoms with Gasteiger partial charge in [0.15, 0.2) is 0 Å². The molecule has 0 aliphatic carbocycles. The summed E-state index contributed by atoms with van der Waals surface area (Å²) in [7, 11) is 1.66. The summed E-state index contributed by atoms with van der Waals surface area (Å²) in [6.07, 6.45) is 4.13. The summed E-state index contributed by atoms with van der Waals surface area (Å²) < 4.78 is 12.2. The van der Waals surface area contributed by atoms with Crippen LogP contribution in [0.1, 0.15) is 28.2 Å². The molecule has 1 aliphatic heterocycles. The second-order valence-corrected chi connectivity index (χ2v) is 8.41. The van der Waals surface area contributed by atoms with E-state index in [2.05, 4.69) is 61.5 Å². The van der Waals surface area contributed by atoms with Crippen LogP contribution >= 0.6 is 0 Å². The highest BCUT2D eigenvalue weighted by Gasteiger charge is 2.28. The number of aryl methyl sites for hydroxylation is 1. The van der Waals surface area contributed by atoms with Crippen molar-refractivity contribution in [3.63, 3.8) is 0 Å². The van der Waals surface area contributed by atoms with E-state index in [1.807, 2.05) is 66.9 Å². The third-order valence-corrected chi connectivity index (χ3v) is 6.17. The fourth-order valence-corrected chi connectivity index (χ4v) is 4.37. The number of allylic oxidation sites excluding steroid dienone is 2. The van der Waals surface area contributed by atoms with E-state index in [1.54, 1.807) is 7.11 Å². The number of benzene rings is 4. The molecule has 0 aromatic heterocycles. The molecule has 35 heavy (non-hydrogen) atoms. The van der Waals surface area contributed by atoms with Crippen LogP contribution in [-0.2, 0) is 4.74 Å². The van der Waals surface area contributed by atoms with Crippen LogP contribution in [0, 0.1) is 6.92 Å². The van der Waals surface area contributed by atoms with E-state index in [4.69, 9.17) is 14.5 Å². The molecule has 3 nitrogen and oxygen atoms in total. The highest BCUT2D eigenvalue weighted by molar-refractivity contribution is 5.96. The molecule has 1 heterocycles. The zero-order valence-corrected chi connectivity index (χ0v) is 19.9. The summed E-state index contributed by atoms with van der Waals surface area (Å²) in [5.74, 6) is 2.34. The highest BCUT2D eigenvalue weighted by atomic mass is 16.5. The monoisotopic (exact) mass is 457 g/mol. The summed E-state index contributed by atoms with van der Waals surface area (Å²) in [6.45, 7) is 2.15. The molecule has 0 saturated carbocycles. The summed E-state index contributed by atoms with van der Waals surface area (Å²) in [5.41, 5.74) is 6.26. The van der Waals surface area contributed by atoms with Crippen molar-refractivity contribution in [2.45, 2.75) is 12.8 Å². The summed E-state index contributed by atoms with van der Waals surface area (Å²) in [5, 5.41) is 0. The quantitative estimate of drug-likeness (QED) is 0.275. The van der Waals surface area contributed by atoms with Crippen molar-refractivity contribution in [1.82, 2.24) is 0 Å². The van der Waals surface area contributed by atoms with Gasteiger partial charge in [-0.3, -0.25) is 4.99 Å². The van der Waals surface area contributed by atoms with Gasteiger partial charge in [0.25, 0.3) is 0 Å². The molecule has 0 spiro atoms. The molecular weight excluding hydrogens is 430 g/mol. The molecule has 1 atom stereocenters. The van der Waals surface area contributed by atoms with Crippen LogP contribution < -0.4 is 4.74 Å². The van der Waals surface area contributed by atoms with E-state index in [0.29, 0.717) is 0 Å². The number of hydrogen-bond acceptors (Lipinski definition) is 3. The third-order valence-electron chi connectivity index (χ3n) is 6.17. The van der Waals surface area contributed by atoms with Gasteiger partial charge >= 0.3 is 0 Å². The minimum atomic E-state index is -0.0335. The largest absolute Gasteiger partial charge is 0.494 e. The molecule has 0 N–H and O–H groups in total. The molecule has 0 fully saturated rings. The Balaban J connectivity index is 1.71. The van der Waals surface area contributed by atoms with Gasteiger partial charge in [-0.1, -0.05) is 97.1 Å². The zero-order chi connectivity index (χ0) is 24.0. The van der Waals surface area contributed by atoms with Gasteiger partial charge in [-0.25, -0.2) is 0 Å². The molecule has 0 saturated heterocycles. The Kier molecular flexibility index (Phi) is 6.58. The third kappa shape index (κ3) is 4.80. The maximum absolute atomic E-state index is 6.63. The Labute approximate surface area is 206 Å². The van der Waals surface area contributed by atoms with Crippen LogP contribution in [-0.4, -0.2) is 13.3 Å². The maximum Gasteiger partial charge on any atom is 0.144 e. The van der Waals surface area contributed by atoms with Gasteiger partial charge in [0, 0.05) is 28.8 Å². The predicted octanol–water partition coefficient (Wildman–Crippen LogP) is 7.97. The molecule has 0 bridgehead atoms. The summed E-state index contributed by atoms with van der Waals surface area (Å²) in [4.78, 5) is 4.86. The predicted molar refractivity (Wildman–Crippen MR) is 144 cm³/mol. The van der Waals surface area contributed by atoms with Crippen LogP contribution in [0.5, 0.6) is 5.75 Å². The van der Waals surface area contributed by atoms with E-state index >= 15 is 0 Å². The second-order valence-electron chi connectivity index (χ2n) is 8.41. The lowest BCUT2D eigenvalue weighted by Crippen LogP contribution is -2.13. The Morgan fingerprint density at radius 3 is 2.09 bits per heavy atom. The fraction of sp³-hybridized carbons (Fsp3) is 0.0938. The second kappa shape index (κ2) is 10.3. The fourth-order valence-electron chi connectivity index (χ4n) is 4.37. The van der Waals surface area contributed by atoms with Gasteiger partial charge in [-0.2, -0.15) is 0 Å². The first-order chi connectivity index (χ1) is 17.2. The van der Waals surface area contributed by atoms with Crippen LogP contribution in [0.4, 0.5) is 5.69 Å². The van der Waals surface area contributed by atoms with E-state index in [9.17, 15) is 0 Å². The van der Waals surface area contributed by atoms with Gasteiger partial charge < -0.3 is 9.47 Å². The lowest BCUT2D eigenvalue weighted by molar-refractivity contribution is 0.416. The number of nitrogens with zero attached hydrogens (tertiary/aromatic N) is 1. The number of methoxy groups -OCH3 is 1. The molecule has 0 unspecified atom stereocenters. The Bertz CT molecular complexity index is 1400. The van der Waals surface area contributed by atoms with Crippen LogP contribution in [0.2, 0.25) is 0 Å². The maximum atomic E-state index is 6.63. The molecular formula is C32H27NO2. The Hall–Kier alpha value is -4.37. The molecule has 1 aliphatic rings. The van der Waals surface area contributed by atoms with E-state index in [1.165, 1.54) is 11.1 Å². The summed E-state index contributed by atoms with van der Waals surface area (Å²) >= 11 is 0. The lowest BCUT2D eigenvalue weighted by Gasteiger charge is -2.28. The van der Waals surface area contributed by atoms with Crippen LogP contribution in [0.3, 0.4) is 0 Å². The van der Waals surface area contributed by atoms with Crippen molar-refractivity contribution < 1.29 is 9.47 Å². The van der Waals surface area contributed by atoms with E-state index < -0.39 is 0 Å². The molecule has 0 radical (unpaired) electrons. The first kappa shape index (κ1) is 22.4. The van der Waals surface area contributed by atoms with E-state index in [0.717, 1.165) is 39.7 Å². The van der Waals surface area contributed by atoms with Crippen molar-refractivity contribution in [3.05, 3.63) is 143 Å². The first-order valence-electron chi connectivity index (χ1n) is 11.7. The Morgan fingerprint density at radius 1 is 0.743 bits per heavy atom. The minimum Gasteiger partial charge on any atom is -0.494 e. The van der Waals surface area contributed by atoms with Crippen LogP contribution in [0.25, 0.3) is 11.5 Å². The first-order valence-corrected chi connectivity index (χ1v) is 11.7. The lowest BCUT2D eigenvalue weighted by atomic mass is 9.84. The number of ether oxygens (including phenoxy) is 2. The smallest absolute Gasteiger partial charge is 0.144 e. The molecule has 0 amide bonds. The molecule has 4 aromatic carbocycles. The SMILES string of the molecule is COc1ccccc1N=CC1=C(c2ccccc2)OC(c2ccccc2)=C[C@@H]1c1ccccc1C. The van der Waals surface area contributed by atoms with Crippen LogP contribution in [0.15, 0.2) is 126 Å². The zero-order valence-electron chi connectivity index (χ0n) is 19.9. The van der Waals surface area contributed by atoms with Crippen molar-refractivity contribution in [1.29, 1.82) is 0 Å². The van der Waals surface area contributed by atoms with Crippen molar-refractivity contribution in [3.8, 4) is 5.75 Å². The molecule has 5 rings (SSSR count). The summed E-state index contributed by atoms with van der Waals surface area (Å²) in [6, 6.07) is 36.8. The van der Waals surface area contributed by atoms with Crippen molar-refractivity contribution >= 4 is 23.4 Å². The molecule has 3 heteroatoms. The number of para-hydroxylation sites is 2. The number of rotatable bonds is 6. The van der Waals surface area contributed by atoms with Gasteiger partial charge in [0.1, 0.15) is 23.0 Å². The normalized spacial score (nSPS) is 15.6. The Morgan fingerprint density at radius 2 is 1.37 bits per heavy atom. The number of hydrogen-bond donors (Lipinski definition) is 0. The topological polar surface area (TPSA) is 30.8 Å². The molecule has 172 valence electrons. The van der Waals surface area contributed by atoms with Gasteiger partial charge in [0.05, 0.1) is 7.11 Å². The van der Waals surface area contributed by atoms with Crippen molar-refractivity contribution in [2.75, 3.05) is 7.11 Å². The highest BCUT2D eigenvalue weighted by Crippen LogP contribution is 2.42. The number of aliphatic imine (C=N–C) groups is 1. The average molecular weight is 458 g/mol. The average Bonchev–Trinajstić information content (AvgIpc) is 2.93. The standard InChI is InChI=1S/C32H27NO2/c1-23-13-9-10-18-26(23)27-21-31(24-14-5-3-6-15-24)35-32(25-16-7-4-8-17-25)28(27)22-33-29-19-11-12-20-30(29)34-2/h3-22,27H,1-2H3/t27-/m1/s1. The minimum absolute atomic E-state index is 0.0335. The van der Waals surface area contributed by atoms with Gasteiger partial charge in [-0.05, 0) is 36.3 Å². The van der Waals surface area contributed by atoms with E-state index in [-0.39, 0.29) is 5.92 Å².